The van der Waals surface area contributed by atoms with Crippen LogP contribution in [-0.2, 0) is 6.54 Å². The number of anilines is 1. The maximum absolute atomic E-state index is 13.4. The van der Waals surface area contributed by atoms with Crippen LogP contribution < -0.4 is 15.0 Å². The second-order valence-electron chi connectivity index (χ2n) is 5.37. The predicted molar refractivity (Wildman–Crippen MR) is 87.5 cm³/mol. The fourth-order valence-electron chi connectivity index (χ4n) is 2.49. The van der Waals surface area contributed by atoms with Gasteiger partial charge in [0.1, 0.15) is 17.4 Å². The number of halogens is 3. The zero-order valence-electron chi connectivity index (χ0n) is 12.7. The number of ether oxygens (including phenoxy) is 1. The summed E-state index contributed by atoms with van der Waals surface area (Å²) in [6.45, 7) is 1.06. The maximum atomic E-state index is 13.4. The Balaban J connectivity index is 1.74. The van der Waals surface area contributed by atoms with E-state index in [1.165, 1.54) is 35.2 Å². The molecule has 1 aliphatic heterocycles. The fraction of sp³-hybridized carbons (Fsp3) is 0.235. The minimum absolute atomic E-state index is 0.00532. The summed E-state index contributed by atoms with van der Waals surface area (Å²) < 4.78 is 32.0. The molecular weight excluding hydrogens is 338 g/mol. The van der Waals surface area contributed by atoms with E-state index in [0.717, 1.165) is 0 Å². The van der Waals surface area contributed by atoms with Crippen molar-refractivity contribution in [1.82, 2.24) is 5.32 Å². The first kappa shape index (κ1) is 16.5. The zero-order valence-corrected chi connectivity index (χ0v) is 13.4. The van der Waals surface area contributed by atoms with Crippen molar-refractivity contribution in [2.24, 2.45) is 0 Å². The van der Waals surface area contributed by atoms with E-state index < -0.39 is 11.6 Å². The highest BCUT2D eigenvalue weighted by Gasteiger charge is 2.22. The largest absolute Gasteiger partial charge is 0.491 e. The van der Waals surface area contributed by atoms with E-state index in [0.29, 0.717) is 36.6 Å². The Bertz CT molecular complexity index is 770. The molecule has 0 unspecified atom stereocenters. The zero-order chi connectivity index (χ0) is 17.1. The summed E-state index contributed by atoms with van der Waals surface area (Å²) in [7, 11) is 0. The molecule has 0 aliphatic carbocycles. The van der Waals surface area contributed by atoms with E-state index in [2.05, 4.69) is 5.32 Å². The number of carbonyl (C=O) groups is 1. The average molecular weight is 353 g/mol. The molecule has 126 valence electrons. The van der Waals surface area contributed by atoms with Crippen molar-refractivity contribution in [1.29, 1.82) is 0 Å². The lowest BCUT2D eigenvalue weighted by Crippen LogP contribution is -2.40. The topological polar surface area (TPSA) is 41.6 Å². The molecule has 0 saturated heterocycles. The monoisotopic (exact) mass is 352 g/mol. The van der Waals surface area contributed by atoms with Crippen LogP contribution in [0.15, 0.2) is 36.4 Å². The number of rotatable bonds is 2. The molecule has 7 heteroatoms. The molecule has 0 radical (unpaired) electrons. The minimum atomic E-state index is -0.507. The first-order valence-electron chi connectivity index (χ1n) is 7.46. The third kappa shape index (κ3) is 3.59. The van der Waals surface area contributed by atoms with Gasteiger partial charge < -0.3 is 10.1 Å². The Hall–Kier alpha value is -2.34. The number of hydrogen-bond acceptors (Lipinski definition) is 2. The predicted octanol–water partition coefficient (Wildman–Crippen LogP) is 4.12. The number of benzene rings is 2. The van der Waals surface area contributed by atoms with Crippen LogP contribution in [0.4, 0.5) is 19.3 Å². The van der Waals surface area contributed by atoms with Gasteiger partial charge in [0.25, 0.3) is 0 Å². The summed E-state index contributed by atoms with van der Waals surface area (Å²) in [5.41, 5.74) is 1.20. The third-order valence-electron chi connectivity index (χ3n) is 3.67. The van der Waals surface area contributed by atoms with Crippen LogP contribution in [0, 0.1) is 11.6 Å². The van der Waals surface area contributed by atoms with Crippen LogP contribution >= 0.6 is 11.6 Å². The van der Waals surface area contributed by atoms with E-state index in [1.807, 2.05) is 0 Å². The van der Waals surface area contributed by atoms with Gasteiger partial charge in [-0.05, 0) is 36.2 Å². The summed E-state index contributed by atoms with van der Waals surface area (Å²) in [4.78, 5) is 14.0. The number of carbonyl (C=O) groups excluding carboxylic acids is 1. The number of nitrogens with zero attached hydrogens (tertiary/aromatic N) is 1. The van der Waals surface area contributed by atoms with Crippen LogP contribution in [0.1, 0.15) is 12.0 Å². The lowest BCUT2D eigenvalue weighted by Gasteiger charge is -2.22. The van der Waals surface area contributed by atoms with Gasteiger partial charge in [0.05, 0.1) is 17.3 Å². The molecule has 3 rings (SSSR count). The molecule has 0 spiro atoms. The van der Waals surface area contributed by atoms with Gasteiger partial charge in [-0.2, -0.15) is 0 Å². The quantitative estimate of drug-likeness (QED) is 0.883. The van der Waals surface area contributed by atoms with Crippen molar-refractivity contribution in [3.05, 3.63) is 58.6 Å². The Morgan fingerprint density at radius 3 is 2.88 bits per heavy atom. The van der Waals surface area contributed by atoms with Crippen LogP contribution in [0.25, 0.3) is 0 Å². The molecule has 24 heavy (non-hydrogen) atoms. The lowest BCUT2D eigenvalue weighted by molar-refractivity contribution is 0.246. The first-order chi connectivity index (χ1) is 11.5. The summed E-state index contributed by atoms with van der Waals surface area (Å²) in [6.07, 6.45) is 0.631. The molecule has 0 bridgehead atoms. The molecule has 1 heterocycles. The summed E-state index contributed by atoms with van der Waals surface area (Å²) in [5.74, 6) is -0.586. The summed E-state index contributed by atoms with van der Waals surface area (Å²) in [5, 5.41) is 2.76. The normalized spacial score (nSPS) is 13.7. The van der Waals surface area contributed by atoms with E-state index in [4.69, 9.17) is 16.3 Å². The third-order valence-corrected chi connectivity index (χ3v) is 3.96. The number of fused-ring (bicyclic) bond motifs is 1. The average Bonchev–Trinajstić information content (AvgIpc) is 2.77. The van der Waals surface area contributed by atoms with Gasteiger partial charge in [0, 0.05) is 19.2 Å². The Labute approximate surface area is 143 Å². The number of amides is 2. The van der Waals surface area contributed by atoms with Crippen molar-refractivity contribution < 1.29 is 18.3 Å². The Kier molecular flexibility index (Phi) is 4.85. The van der Waals surface area contributed by atoms with Crippen LogP contribution in [-0.4, -0.2) is 19.2 Å². The van der Waals surface area contributed by atoms with Crippen molar-refractivity contribution in [3.8, 4) is 5.75 Å². The molecular formula is C17H15ClF2N2O2. The number of nitrogens with one attached hydrogen (secondary N) is 1. The highest BCUT2D eigenvalue weighted by Crippen LogP contribution is 2.31. The van der Waals surface area contributed by atoms with Crippen molar-refractivity contribution in [2.75, 3.05) is 18.1 Å². The lowest BCUT2D eigenvalue weighted by atomic mass is 10.2. The van der Waals surface area contributed by atoms with Crippen molar-refractivity contribution >= 4 is 23.3 Å². The second-order valence-corrected chi connectivity index (χ2v) is 5.78. The molecule has 4 nitrogen and oxygen atoms in total. The van der Waals surface area contributed by atoms with Gasteiger partial charge in [-0.15, -0.1) is 0 Å². The summed E-state index contributed by atoms with van der Waals surface area (Å²) in [6, 6.07) is 8.00. The molecule has 1 aliphatic rings. The molecule has 2 aromatic rings. The maximum Gasteiger partial charge on any atom is 0.322 e. The number of urea groups is 1. The molecule has 0 aromatic heterocycles. The van der Waals surface area contributed by atoms with E-state index >= 15 is 0 Å². The second kappa shape index (κ2) is 7.05. The minimum Gasteiger partial charge on any atom is -0.491 e. The van der Waals surface area contributed by atoms with Crippen LogP contribution in [0.2, 0.25) is 5.02 Å². The standard InChI is InChI=1S/C17H15ClF2N2O2/c18-13-8-11(2-4-14(13)20)10-21-17(23)22-6-1-7-24-16-9-12(19)3-5-15(16)22/h2-5,8-9H,1,6-7,10H2,(H,21,23). The van der Waals surface area contributed by atoms with Gasteiger partial charge in [0.15, 0.2) is 0 Å². The molecule has 0 saturated carbocycles. The van der Waals surface area contributed by atoms with E-state index in [1.54, 1.807) is 6.07 Å². The van der Waals surface area contributed by atoms with Gasteiger partial charge in [-0.1, -0.05) is 17.7 Å². The molecule has 0 fully saturated rings. The van der Waals surface area contributed by atoms with Gasteiger partial charge >= 0.3 is 6.03 Å². The smallest absolute Gasteiger partial charge is 0.322 e. The Morgan fingerprint density at radius 1 is 1.25 bits per heavy atom. The molecule has 2 aromatic carbocycles. The van der Waals surface area contributed by atoms with Crippen LogP contribution in [0.5, 0.6) is 5.75 Å². The SMILES string of the molecule is O=C(NCc1ccc(F)c(Cl)c1)N1CCCOc2cc(F)ccc21. The van der Waals surface area contributed by atoms with E-state index in [9.17, 15) is 13.6 Å². The van der Waals surface area contributed by atoms with E-state index in [-0.39, 0.29) is 17.6 Å². The van der Waals surface area contributed by atoms with Gasteiger partial charge in [0.2, 0.25) is 0 Å². The van der Waals surface area contributed by atoms with Crippen molar-refractivity contribution in [2.45, 2.75) is 13.0 Å². The Morgan fingerprint density at radius 2 is 2.08 bits per heavy atom. The molecule has 1 N–H and O–H groups in total. The fourth-order valence-corrected chi connectivity index (χ4v) is 2.69. The molecule has 0 atom stereocenters. The highest BCUT2D eigenvalue weighted by molar-refractivity contribution is 6.30. The molecule has 2 amide bonds. The van der Waals surface area contributed by atoms with Crippen molar-refractivity contribution in [3.63, 3.8) is 0 Å². The van der Waals surface area contributed by atoms with Crippen LogP contribution in [0.3, 0.4) is 0 Å². The van der Waals surface area contributed by atoms with Gasteiger partial charge in [-0.25, -0.2) is 13.6 Å². The first-order valence-corrected chi connectivity index (χ1v) is 7.84. The highest BCUT2D eigenvalue weighted by atomic mass is 35.5. The number of hydrogen-bond donors (Lipinski definition) is 1. The summed E-state index contributed by atoms with van der Waals surface area (Å²) >= 11 is 5.73. The van der Waals surface area contributed by atoms with Gasteiger partial charge in [-0.3, -0.25) is 4.90 Å².